The van der Waals surface area contributed by atoms with E-state index in [1.165, 1.54) is 0 Å². The lowest BCUT2D eigenvalue weighted by atomic mass is 13.9. The number of nitrogens with two attached hydrogens (primary N) is 1. The van der Waals surface area contributed by atoms with Crippen LogP contribution in [0.5, 0.6) is 0 Å². The molecule has 5 N–H and O–H groups in total. The SMILES string of the molecule is Cl.N.N[P+](=O)[O-]. The average Bonchev–Trinajstić information content (AvgIpc) is 0.811. The monoisotopic (exact) mass is 132 g/mol. The van der Waals surface area contributed by atoms with E-state index in [1.54, 1.807) is 0 Å². The Balaban J connectivity index is -0.0000000450. The van der Waals surface area contributed by atoms with Gasteiger partial charge in [0.25, 0.3) is 0 Å². The van der Waals surface area contributed by atoms with Gasteiger partial charge in [-0.05, 0) is 0 Å². The highest BCUT2D eigenvalue weighted by Gasteiger charge is 1.69. The van der Waals surface area contributed by atoms with Gasteiger partial charge >= 0.3 is 8.18 Å². The van der Waals surface area contributed by atoms with Gasteiger partial charge in [0, 0.05) is 0 Å². The molecular weight excluding hydrogens is 126 g/mol. The van der Waals surface area contributed by atoms with Crippen molar-refractivity contribution in [2.75, 3.05) is 0 Å². The summed E-state index contributed by atoms with van der Waals surface area (Å²) in [5, 5.41) is 0. The zero-order valence-electron chi connectivity index (χ0n) is 2.96. The van der Waals surface area contributed by atoms with Gasteiger partial charge < -0.3 is 11.0 Å². The number of rotatable bonds is 0. The summed E-state index contributed by atoms with van der Waals surface area (Å²) in [4.78, 5) is 8.81. The Morgan fingerprint density at radius 2 is 1.67 bits per heavy atom. The normalized spacial score (nSPS) is 7.33. The Morgan fingerprint density at radius 1 is 1.67 bits per heavy atom. The first-order valence-corrected chi connectivity index (χ1v) is 1.87. The molecule has 0 aromatic rings. The van der Waals surface area contributed by atoms with Crippen LogP contribution in [0.1, 0.15) is 0 Å². The lowest BCUT2D eigenvalue weighted by Gasteiger charge is -1.59. The summed E-state index contributed by atoms with van der Waals surface area (Å²) in [7, 11) is -2.62. The van der Waals surface area contributed by atoms with Gasteiger partial charge in [-0.2, -0.15) is 0 Å². The summed E-state index contributed by atoms with van der Waals surface area (Å²) in [5.74, 6) is 0. The second-order valence-electron chi connectivity index (χ2n) is 0.285. The van der Waals surface area contributed by atoms with Crippen LogP contribution in [-0.2, 0) is 4.57 Å². The maximum atomic E-state index is 8.81. The number of hydrogen-bond donors (Lipinski definition) is 2. The van der Waals surface area contributed by atoms with Gasteiger partial charge in [0.2, 0.25) is 0 Å². The first kappa shape index (κ1) is 16.3. The molecule has 0 heterocycles. The van der Waals surface area contributed by atoms with Gasteiger partial charge in [0.15, 0.2) is 0 Å². The smallest absolute Gasteiger partial charge is 0.405 e. The lowest BCUT2D eigenvalue weighted by molar-refractivity contribution is -0.164. The molecule has 0 spiro atoms. The largest absolute Gasteiger partial charge is 0.578 e. The molecule has 6 heavy (non-hydrogen) atoms. The molecule has 0 aromatic heterocycles. The van der Waals surface area contributed by atoms with Crippen molar-refractivity contribution in [2.45, 2.75) is 0 Å². The highest BCUT2D eigenvalue weighted by Crippen LogP contribution is 1.81. The van der Waals surface area contributed by atoms with Gasteiger partial charge in [-0.1, -0.05) is 4.57 Å². The van der Waals surface area contributed by atoms with E-state index in [9.17, 15) is 0 Å². The van der Waals surface area contributed by atoms with Crippen LogP contribution >= 0.6 is 20.6 Å². The Morgan fingerprint density at radius 3 is 1.67 bits per heavy atom. The van der Waals surface area contributed by atoms with Gasteiger partial charge in [-0.3, -0.25) is 0 Å². The van der Waals surface area contributed by atoms with Gasteiger partial charge in [-0.15, -0.1) is 17.9 Å². The van der Waals surface area contributed by atoms with Crippen LogP contribution in [0.15, 0.2) is 0 Å². The zero-order valence-corrected chi connectivity index (χ0v) is 4.67. The van der Waals surface area contributed by atoms with Crippen molar-refractivity contribution < 1.29 is 9.46 Å². The molecule has 0 aromatic carbocycles. The Kier molecular flexibility index (Phi) is 24.4. The summed E-state index contributed by atoms with van der Waals surface area (Å²) >= 11 is 0. The molecule has 0 rings (SSSR count). The van der Waals surface area contributed by atoms with Crippen LogP contribution in [0.25, 0.3) is 0 Å². The molecule has 1 unspecified atom stereocenters. The predicted octanol–water partition coefficient (Wildman–Crippen LogP) is -0.453. The van der Waals surface area contributed by atoms with Crippen LogP contribution < -0.4 is 16.5 Å². The van der Waals surface area contributed by atoms with Crippen molar-refractivity contribution in [3.63, 3.8) is 0 Å². The van der Waals surface area contributed by atoms with E-state index in [0.29, 0.717) is 0 Å². The Hall–Kier alpha value is 0.270. The minimum Gasteiger partial charge on any atom is -0.578 e. The van der Waals surface area contributed by atoms with Gasteiger partial charge in [0.05, 0.1) is 0 Å². The van der Waals surface area contributed by atoms with Crippen molar-refractivity contribution in [3.8, 4) is 0 Å². The van der Waals surface area contributed by atoms with Crippen molar-refractivity contribution >= 4 is 20.6 Å². The fraction of sp³-hybridized carbons (Fsp3) is 0. The molecule has 0 aliphatic heterocycles. The third-order valence-corrected chi connectivity index (χ3v) is 0. The third kappa shape index (κ3) is 626. The first-order valence-electron chi connectivity index (χ1n) is 0.623. The summed E-state index contributed by atoms with van der Waals surface area (Å²) in [5.41, 5.74) is 4.06. The summed E-state index contributed by atoms with van der Waals surface area (Å²) in [6.07, 6.45) is 0. The Bertz CT molecular complexity index is 34.5. The molecule has 6 heteroatoms. The molecule has 1 atom stereocenters. The van der Waals surface area contributed by atoms with Crippen molar-refractivity contribution in [1.29, 1.82) is 0 Å². The van der Waals surface area contributed by atoms with Crippen LogP contribution in [0, 0.1) is 0 Å². The van der Waals surface area contributed by atoms with Crippen LogP contribution in [0.3, 0.4) is 0 Å². The first-order chi connectivity index (χ1) is 1.73. The van der Waals surface area contributed by atoms with E-state index >= 15 is 0 Å². The second kappa shape index (κ2) is 8.99. The lowest BCUT2D eigenvalue weighted by Crippen LogP contribution is -1.91. The van der Waals surface area contributed by atoms with Crippen LogP contribution in [0.4, 0.5) is 0 Å². The third-order valence-electron chi connectivity index (χ3n) is 0. The van der Waals surface area contributed by atoms with Crippen LogP contribution in [0.2, 0.25) is 0 Å². The molecule has 0 saturated heterocycles. The minimum absolute atomic E-state index is 0. The standard InChI is InChI=1S/ClH.H2NO2P.H3N/c;1-4(2)3;/h1H;(H2,1,2,3);1H3. The molecular formula is H6ClN2O2P. The van der Waals surface area contributed by atoms with Crippen molar-refractivity contribution in [3.05, 3.63) is 0 Å². The fourth-order valence-electron chi connectivity index (χ4n) is 0. The van der Waals surface area contributed by atoms with E-state index in [-0.39, 0.29) is 18.6 Å². The van der Waals surface area contributed by atoms with Crippen molar-refractivity contribution in [1.82, 2.24) is 6.15 Å². The highest BCUT2D eigenvalue weighted by atomic mass is 35.5. The molecule has 0 fully saturated rings. The summed E-state index contributed by atoms with van der Waals surface area (Å²) in [6.45, 7) is 0. The van der Waals surface area contributed by atoms with E-state index < -0.39 is 8.18 Å². The topological polar surface area (TPSA) is 101 Å². The van der Waals surface area contributed by atoms with Gasteiger partial charge in [-0.25, -0.2) is 0 Å². The molecule has 0 bridgehead atoms. The van der Waals surface area contributed by atoms with E-state index in [4.69, 9.17) is 9.46 Å². The maximum Gasteiger partial charge on any atom is 0.405 e. The molecule has 4 nitrogen and oxygen atoms in total. The average molecular weight is 132 g/mol. The molecule has 0 amide bonds. The minimum atomic E-state index is -2.62. The quantitative estimate of drug-likeness (QED) is 0.436. The van der Waals surface area contributed by atoms with Gasteiger partial charge in [0.1, 0.15) is 0 Å². The molecule has 0 aliphatic carbocycles. The molecule has 0 radical (unpaired) electrons. The molecule has 0 saturated carbocycles. The second-order valence-corrected chi connectivity index (χ2v) is 0.856. The van der Waals surface area contributed by atoms with Crippen LogP contribution in [-0.4, -0.2) is 0 Å². The molecule has 0 aliphatic rings. The number of hydrogen-bond acceptors (Lipinski definition) is 3. The van der Waals surface area contributed by atoms with E-state index in [0.717, 1.165) is 0 Å². The summed E-state index contributed by atoms with van der Waals surface area (Å²) in [6, 6.07) is 0. The Labute approximate surface area is 42.6 Å². The fourth-order valence-corrected chi connectivity index (χ4v) is 0. The highest BCUT2D eigenvalue weighted by molar-refractivity contribution is 7.33. The number of halogens is 1. The van der Waals surface area contributed by atoms with E-state index in [2.05, 4.69) is 5.50 Å². The summed E-state index contributed by atoms with van der Waals surface area (Å²) < 4.78 is 8.81. The van der Waals surface area contributed by atoms with E-state index in [1.807, 2.05) is 0 Å². The zero-order chi connectivity index (χ0) is 3.58. The van der Waals surface area contributed by atoms with Crippen molar-refractivity contribution in [2.24, 2.45) is 5.50 Å². The predicted molar refractivity (Wildman–Crippen MR) is 24.1 cm³/mol. The molecule has 40 valence electrons. The maximum absolute atomic E-state index is 8.81.